The van der Waals surface area contributed by atoms with E-state index in [-0.39, 0.29) is 12.5 Å². The lowest BCUT2D eigenvalue weighted by Gasteiger charge is -2.26. The van der Waals surface area contributed by atoms with E-state index in [0.717, 1.165) is 43.8 Å². The van der Waals surface area contributed by atoms with E-state index in [1.807, 2.05) is 24.1 Å². The van der Waals surface area contributed by atoms with Crippen LogP contribution in [0, 0.1) is 6.92 Å². The summed E-state index contributed by atoms with van der Waals surface area (Å²) >= 11 is 0. The van der Waals surface area contributed by atoms with Crippen LogP contribution in [-0.2, 0) is 11.3 Å². The third kappa shape index (κ3) is 3.97. The van der Waals surface area contributed by atoms with Gasteiger partial charge in [0, 0.05) is 25.2 Å². The molecule has 2 rings (SSSR count). The zero-order valence-corrected chi connectivity index (χ0v) is 12.4. The molecule has 0 atom stereocenters. The van der Waals surface area contributed by atoms with E-state index in [4.69, 9.17) is 4.74 Å². The molecule has 1 fully saturated rings. The van der Waals surface area contributed by atoms with Crippen LogP contribution in [0.25, 0.3) is 0 Å². The minimum absolute atomic E-state index is 0.0979. The van der Waals surface area contributed by atoms with Gasteiger partial charge in [-0.15, -0.1) is 0 Å². The summed E-state index contributed by atoms with van der Waals surface area (Å²) < 4.78 is 5.73. The van der Waals surface area contributed by atoms with Crippen LogP contribution < -0.4 is 10.1 Å². The second-order valence-electron chi connectivity index (χ2n) is 5.37. The highest BCUT2D eigenvalue weighted by Crippen LogP contribution is 2.20. The highest BCUT2D eigenvalue weighted by atomic mass is 16.5. The molecular formula is C16H24N2O2. The van der Waals surface area contributed by atoms with Gasteiger partial charge in [-0.1, -0.05) is 17.7 Å². The molecule has 1 aliphatic rings. The Morgan fingerprint density at radius 2 is 2.05 bits per heavy atom. The minimum atomic E-state index is 0.0979. The maximum atomic E-state index is 12.1. The van der Waals surface area contributed by atoms with E-state index in [0.29, 0.717) is 0 Å². The van der Waals surface area contributed by atoms with Crippen LogP contribution in [0.4, 0.5) is 0 Å². The molecule has 0 bridgehead atoms. The van der Waals surface area contributed by atoms with Crippen molar-refractivity contribution in [3.8, 4) is 5.75 Å². The largest absolute Gasteiger partial charge is 0.483 e. The fourth-order valence-electron chi connectivity index (χ4n) is 2.55. The monoisotopic (exact) mass is 276 g/mol. The number of hydrogen-bond acceptors (Lipinski definition) is 3. The molecule has 1 heterocycles. The van der Waals surface area contributed by atoms with Crippen molar-refractivity contribution < 1.29 is 9.53 Å². The summed E-state index contributed by atoms with van der Waals surface area (Å²) in [6, 6.07) is 6.06. The summed E-state index contributed by atoms with van der Waals surface area (Å²) in [7, 11) is 1.91. The molecule has 0 unspecified atom stereocenters. The summed E-state index contributed by atoms with van der Waals surface area (Å²) in [5, 5.41) is 3.13. The van der Waals surface area contributed by atoms with E-state index in [1.165, 1.54) is 12.0 Å². The van der Waals surface area contributed by atoms with Gasteiger partial charge in [-0.05, 0) is 39.3 Å². The highest BCUT2D eigenvalue weighted by molar-refractivity contribution is 5.77. The van der Waals surface area contributed by atoms with Gasteiger partial charge in [-0.2, -0.15) is 0 Å². The van der Waals surface area contributed by atoms with Gasteiger partial charge in [0.15, 0.2) is 6.61 Å². The maximum absolute atomic E-state index is 12.1. The Hall–Kier alpha value is -1.55. The number of likely N-dealkylation sites (tertiary alicyclic amines) is 1. The molecule has 1 N–H and O–H groups in total. The third-order valence-electron chi connectivity index (χ3n) is 3.64. The van der Waals surface area contributed by atoms with Gasteiger partial charge < -0.3 is 15.0 Å². The van der Waals surface area contributed by atoms with Crippen molar-refractivity contribution in [1.29, 1.82) is 0 Å². The second-order valence-corrected chi connectivity index (χ2v) is 5.37. The third-order valence-corrected chi connectivity index (χ3v) is 3.64. The lowest BCUT2D eigenvalue weighted by atomic mass is 10.1. The summed E-state index contributed by atoms with van der Waals surface area (Å²) in [6.45, 7) is 4.69. The van der Waals surface area contributed by atoms with E-state index < -0.39 is 0 Å². The first kappa shape index (κ1) is 14.9. The van der Waals surface area contributed by atoms with Crippen LogP contribution in [-0.4, -0.2) is 37.6 Å². The number of ether oxygens (including phenoxy) is 1. The Balaban J connectivity index is 1.94. The number of carbonyl (C=O) groups excluding carboxylic acids is 1. The first-order valence-electron chi connectivity index (χ1n) is 7.35. The lowest BCUT2D eigenvalue weighted by molar-refractivity contribution is -0.134. The van der Waals surface area contributed by atoms with E-state index in [2.05, 4.69) is 18.3 Å². The Labute approximate surface area is 121 Å². The van der Waals surface area contributed by atoms with Crippen LogP contribution in [0.5, 0.6) is 5.75 Å². The number of hydrogen-bond donors (Lipinski definition) is 1. The zero-order valence-electron chi connectivity index (χ0n) is 12.4. The number of nitrogens with zero attached hydrogens (tertiary/aromatic N) is 1. The standard InChI is InChI=1S/C16H24N2O2/c1-13-6-7-15(14(10-13)11-17-2)20-12-16(19)18-8-4-3-5-9-18/h6-7,10,17H,3-5,8-9,11-12H2,1-2H3. The molecule has 0 aliphatic carbocycles. The fourth-order valence-corrected chi connectivity index (χ4v) is 2.55. The van der Waals surface area contributed by atoms with Crippen molar-refractivity contribution in [1.82, 2.24) is 10.2 Å². The smallest absolute Gasteiger partial charge is 0.260 e. The molecular weight excluding hydrogens is 252 g/mol. The number of aryl methyl sites for hydroxylation is 1. The predicted molar refractivity (Wildman–Crippen MR) is 79.9 cm³/mol. The molecule has 0 saturated carbocycles. The Kier molecular flexibility index (Phi) is 5.41. The topological polar surface area (TPSA) is 41.6 Å². The van der Waals surface area contributed by atoms with Crippen LogP contribution >= 0.6 is 0 Å². The summed E-state index contributed by atoms with van der Waals surface area (Å²) in [6.07, 6.45) is 3.46. The number of rotatable bonds is 5. The highest BCUT2D eigenvalue weighted by Gasteiger charge is 2.17. The van der Waals surface area contributed by atoms with Gasteiger partial charge in [-0.25, -0.2) is 0 Å². The molecule has 4 heteroatoms. The van der Waals surface area contributed by atoms with Gasteiger partial charge in [0.05, 0.1) is 0 Å². The molecule has 20 heavy (non-hydrogen) atoms. The quantitative estimate of drug-likeness (QED) is 0.895. The SMILES string of the molecule is CNCc1cc(C)ccc1OCC(=O)N1CCCCC1. The molecule has 0 aromatic heterocycles. The molecule has 0 radical (unpaired) electrons. The fraction of sp³-hybridized carbons (Fsp3) is 0.562. The normalized spacial score (nSPS) is 15.2. The average Bonchev–Trinajstić information content (AvgIpc) is 2.47. The average molecular weight is 276 g/mol. The van der Waals surface area contributed by atoms with E-state index in [1.54, 1.807) is 0 Å². The summed E-state index contributed by atoms with van der Waals surface area (Å²) in [5.74, 6) is 0.899. The lowest BCUT2D eigenvalue weighted by Crippen LogP contribution is -2.38. The van der Waals surface area contributed by atoms with E-state index in [9.17, 15) is 4.79 Å². The Morgan fingerprint density at radius 3 is 2.75 bits per heavy atom. The minimum Gasteiger partial charge on any atom is -0.483 e. The summed E-state index contributed by atoms with van der Waals surface area (Å²) in [5.41, 5.74) is 2.30. The zero-order chi connectivity index (χ0) is 14.4. The first-order chi connectivity index (χ1) is 9.70. The predicted octanol–water partition coefficient (Wildman–Crippen LogP) is 2.11. The van der Waals surface area contributed by atoms with Crippen molar-refractivity contribution in [3.05, 3.63) is 29.3 Å². The van der Waals surface area contributed by atoms with Crippen LogP contribution in [0.15, 0.2) is 18.2 Å². The number of carbonyl (C=O) groups is 1. The van der Waals surface area contributed by atoms with Crippen molar-refractivity contribution >= 4 is 5.91 Å². The van der Waals surface area contributed by atoms with Gasteiger partial charge >= 0.3 is 0 Å². The van der Waals surface area contributed by atoms with Crippen molar-refractivity contribution in [2.75, 3.05) is 26.7 Å². The van der Waals surface area contributed by atoms with Crippen molar-refractivity contribution in [3.63, 3.8) is 0 Å². The van der Waals surface area contributed by atoms with Crippen LogP contribution in [0.1, 0.15) is 30.4 Å². The molecule has 1 aliphatic heterocycles. The molecule has 1 saturated heterocycles. The number of amides is 1. The molecule has 4 nitrogen and oxygen atoms in total. The van der Waals surface area contributed by atoms with Crippen LogP contribution in [0.2, 0.25) is 0 Å². The molecule has 0 spiro atoms. The Morgan fingerprint density at radius 1 is 1.30 bits per heavy atom. The van der Waals surface area contributed by atoms with Gasteiger partial charge in [0.2, 0.25) is 0 Å². The molecule has 110 valence electrons. The van der Waals surface area contributed by atoms with Crippen molar-refractivity contribution in [2.45, 2.75) is 32.7 Å². The molecule has 1 aromatic rings. The van der Waals surface area contributed by atoms with Gasteiger partial charge in [-0.3, -0.25) is 4.79 Å². The Bertz CT molecular complexity index is 454. The van der Waals surface area contributed by atoms with Gasteiger partial charge in [0.1, 0.15) is 5.75 Å². The number of benzene rings is 1. The first-order valence-corrected chi connectivity index (χ1v) is 7.35. The number of nitrogens with one attached hydrogen (secondary N) is 1. The van der Waals surface area contributed by atoms with Crippen molar-refractivity contribution in [2.24, 2.45) is 0 Å². The maximum Gasteiger partial charge on any atom is 0.260 e. The van der Waals surface area contributed by atoms with Gasteiger partial charge in [0.25, 0.3) is 5.91 Å². The molecule has 1 aromatic carbocycles. The van der Waals surface area contributed by atoms with E-state index >= 15 is 0 Å². The second kappa shape index (κ2) is 7.29. The molecule has 1 amide bonds. The number of piperidine rings is 1. The summed E-state index contributed by atoms with van der Waals surface area (Å²) in [4.78, 5) is 14.0. The van der Waals surface area contributed by atoms with Crippen LogP contribution in [0.3, 0.4) is 0 Å².